The summed E-state index contributed by atoms with van der Waals surface area (Å²) in [5.74, 6) is -1.45. The Bertz CT molecular complexity index is 579. The van der Waals surface area contributed by atoms with Gasteiger partial charge in [0.15, 0.2) is 6.61 Å². The molecule has 2 amide bonds. The fraction of sp³-hybridized carbons (Fsp3) is 0.438. The van der Waals surface area contributed by atoms with Crippen LogP contribution in [0.1, 0.15) is 38.1 Å². The van der Waals surface area contributed by atoms with E-state index in [1.165, 1.54) is 6.92 Å². The molecule has 0 fully saturated rings. The first-order valence-corrected chi connectivity index (χ1v) is 7.92. The third kappa shape index (κ3) is 7.27. The summed E-state index contributed by atoms with van der Waals surface area (Å²) in [5.41, 5.74) is 0.0311. The smallest absolute Gasteiger partial charge is 0.328 e. The van der Waals surface area contributed by atoms with Crippen molar-refractivity contribution >= 4 is 33.7 Å². The van der Waals surface area contributed by atoms with Crippen molar-refractivity contribution in [3.63, 3.8) is 0 Å². The van der Waals surface area contributed by atoms with Crippen LogP contribution >= 0.6 is 15.9 Å². The van der Waals surface area contributed by atoms with Crippen LogP contribution in [0.25, 0.3) is 0 Å². The van der Waals surface area contributed by atoms with Gasteiger partial charge in [0.2, 0.25) is 0 Å². The van der Waals surface area contributed by atoms with Gasteiger partial charge in [0.25, 0.3) is 11.8 Å². The van der Waals surface area contributed by atoms with Gasteiger partial charge in [-0.15, -0.1) is 0 Å². The highest BCUT2D eigenvalue weighted by atomic mass is 79.9. The zero-order valence-electron chi connectivity index (χ0n) is 13.6. The van der Waals surface area contributed by atoms with E-state index in [-0.39, 0.29) is 12.5 Å². The molecular formula is C16H21BrN2O4. The van der Waals surface area contributed by atoms with Crippen molar-refractivity contribution in [1.82, 2.24) is 10.6 Å². The van der Waals surface area contributed by atoms with Gasteiger partial charge in [0, 0.05) is 15.6 Å². The second-order valence-electron chi connectivity index (χ2n) is 6.11. The number of carbonyl (C=O) groups is 3. The van der Waals surface area contributed by atoms with Crippen molar-refractivity contribution in [3.05, 3.63) is 34.3 Å². The Labute approximate surface area is 144 Å². The number of nitrogens with one attached hydrogen (secondary N) is 2. The van der Waals surface area contributed by atoms with E-state index in [0.717, 1.165) is 4.47 Å². The predicted octanol–water partition coefficient (Wildman–Crippen LogP) is 2.03. The molecule has 0 aliphatic rings. The third-order valence-corrected chi connectivity index (χ3v) is 3.20. The van der Waals surface area contributed by atoms with Crippen LogP contribution in [0.2, 0.25) is 0 Å². The minimum Gasteiger partial charge on any atom is -0.454 e. The minimum atomic E-state index is -0.853. The average Bonchev–Trinajstić information content (AvgIpc) is 2.43. The summed E-state index contributed by atoms with van der Waals surface area (Å²) >= 11 is 3.28. The van der Waals surface area contributed by atoms with Crippen molar-refractivity contribution in [1.29, 1.82) is 0 Å². The minimum absolute atomic E-state index is 0.380. The lowest BCUT2D eigenvalue weighted by Crippen LogP contribution is -2.44. The summed E-state index contributed by atoms with van der Waals surface area (Å²) in [6, 6.07) is 5.87. The Morgan fingerprint density at radius 1 is 1.17 bits per heavy atom. The third-order valence-electron chi connectivity index (χ3n) is 2.67. The molecule has 0 radical (unpaired) electrons. The number of carbonyl (C=O) groups excluding carboxylic acids is 3. The number of ether oxygens (including phenoxy) is 1. The van der Waals surface area contributed by atoms with Crippen molar-refractivity contribution in [2.75, 3.05) is 6.61 Å². The van der Waals surface area contributed by atoms with Crippen molar-refractivity contribution < 1.29 is 19.1 Å². The SMILES string of the molecule is C[C@H](NC(=O)c1ccc(Br)cc1)C(=O)OCC(=O)NC(C)(C)C. The summed E-state index contributed by atoms with van der Waals surface area (Å²) in [5, 5.41) is 5.20. The number of benzene rings is 1. The molecule has 0 aliphatic heterocycles. The largest absolute Gasteiger partial charge is 0.454 e. The quantitative estimate of drug-likeness (QED) is 0.760. The van der Waals surface area contributed by atoms with Crippen LogP contribution in [0.5, 0.6) is 0 Å². The lowest BCUT2D eigenvalue weighted by Gasteiger charge is -2.20. The van der Waals surface area contributed by atoms with E-state index in [1.807, 2.05) is 20.8 Å². The van der Waals surface area contributed by atoms with Crippen LogP contribution < -0.4 is 10.6 Å². The molecule has 0 aliphatic carbocycles. The van der Waals surface area contributed by atoms with Crippen LogP contribution in [-0.4, -0.2) is 36.0 Å². The summed E-state index contributed by atoms with van der Waals surface area (Å²) in [6.07, 6.45) is 0. The van der Waals surface area contributed by atoms with Gasteiger partial charge in [-0.25, -0.2) is 4.79 Å². The molecular weight excluding hydrogens is 364 g/mol. The van der Waals surface area contributed by atoms with Gasteiger partial charge in [-0.05, 0) is 52.0 Å². The Balaban J connectivity index is 2.46. The molecule has 0 aromatic heterocycles. The van der Waals surface area contributed by atoms with Crippen LogP contribution in [-0.2, 0) is 14.3 Å². The van der Waals surface area contributed by atoms with Gasteiger partial charge < -0.3 is 15.4 Å². The second-order valence-corrected chi connectivity index (χ2v) is 7.02. The second kappa shape index (κ2) is 8.10. The van der Waals surface area contributed by atoms with Gasteiger partial charge in [0.05, 0.1) is 0 Å². The fourth-order valence-corrected chi connectivity index (χ4v) is 1.92. The molecule has 0 heterocycles. The van der Waals surface area contributed by atoms with Crippen molar-refractivity contribution in [2.24, 2.45) is 0 Å². The molecule has 0 unspecified atom stereocenters. The highest BCUT2D eigenvalue weighted by molar-refractivity contribution is 9.10. The fourth-order valence-electron chi connectivity index (χ4n) is 1.66. The van der Waals surface area contributed by atoms with Gasteiger partial charge in [-0.1, -0.05) is 15.9 Å². The number of halogens is 1. The first-order chi connectivity index (χ1) is 10.6. The average molecular weight is 385 g/mol. The van der Waals surface area contributed by atoms with E-state index in [0.29, 0.717) is 5.56 Å². The number of amides is 2. The number of hydrogen-bond donors (Lipinski definition) is 2. The van der Waals surface area contributed by atoms with Crippen LogP contribution in [0.15, 0.2) is 28.7 Å². The maximum atomic E-state index is 12.0. The molecule has 126 valence electrons. The van der Waals surface area contributed by atoms with Gasteiger partial charge in [-0.3, -0.25) is 9.59 Å². The topological polar surface area (TPSA) is 84.5 Å². The van der Waals surface area contributed by atoms with Crippen LogP contribution in [0.3, 0.4) is 0 Å². The van der Waals surface area contributed by atoms with E-state index in [2.05, 4.69) is 26.6 Å². The van der Waals surface area contributed by atoms with Crippen LogP contribution in [0.4, 0.5) is 0 Å². The molecule has 1 aromatic carbocycles. The summed E-state index contributed by atoms with van der Waals surface area (Å²) in [7, 11) is 0. The number of rotatable bonds is 5. The monoisotopic (exact) mass is 384 g/mol. The maximum Gasteiger partial charge on any atom is 0.328 e. The van der Waals surface area contributed by atoms with Crippen LogP contribution in [0, 0.1) is 0 Å². The van der Waals surface area contributed by atoms with Gasteiger partial charge in [0.1, 0.15) is 6.04 Å². The molecule has 1 atom stereocenters. The van der Waals surface area contributed by atoms with Gasteiger partial charge >= 0.3 is 5.97 Å². The van der Waals surface area contributed by atoms with Crippen molar-refractivity contribution in [2.45, 2.75) is 39.3 Å². The number of esters is 1. The first-order valence-electron chi connectivity index (χ1n) is 7.12. The molecule has 7 heteroatoms. The predicted molar refractivity (Wildman–Crippen MR) is 89.9 cm³/mol. The lowest BCUT2D eigenvalue weighted by molar-refractivity contribution is -0.150. The molecule has 1 rings (SSSR count). The Hall–Kier alpha value is -1.89. The lowest BCUT2D eigenvalue weighted by atomic mass is 10.1. The summed E-state index contributed by atoms with van der Waals surface area (Å²) < 4.78 is 5.75. The first kappa shape index (κ1) is 19.2. The molecule has 0 bridgehead atoms. The zero-order valence-corrected chi connectivity index (χ0v) is 15.2. The summed E-state index contributed by atoms with van der Waals surface area (Å²) in [6.45, 7) is 6.60. The molecule has 0 spiro atoms. The van der Waals surface area contributed by atoms with Gasteiger partial charge in [-0.2, -0.15) is 0 Å². The molecule has 0 saturated carbocycles. The highest BCUT2D eigenvalue weighted by Gasteiger charge is 2.20. The highest BCUT2D eigenvalue weighted by Crippen LogP contribution is 2.10. The van der Waals surface area contributed by atoms with E-state index in [9.17, 15) is 14.4 Å². The molecule has 1 aromatic rings. The number of hydrogen-bond acceptors (Lipinski definition) is 4. The van der Waals surface area contributed by atoms with E-state index in [1.54, 1.807) is 24.3 Å². The van der Waals surface area contributed by atoms with E-state index >= 15 is 0 Å². The Morgan fingerprint density at radius 2 is 1.74 bits per heavy atom. The standard InChI is InChI=1S/C16H21BrN2O4/c1-10(15(22)23-9-13(20)19-16(2,3)4)18-14(21)11-5-7-12(17)8-6-11/h5-8,10H,9H2,1-4H3,(H,18,21)(H,19,20)/t10-/m0/s1. The normalized spacial score (nSPS) is 12.2. The summed E-state index contributed by atoms with van der Waals surface area (Å²) in [4.78, 5) is 35.4. The molecule has 6 nitrogen and oxygen atoms in total. The van der Waals surface area contributed by atoms with E-state index < -0.39 is 23.5 Å². The maximum absolute atomic E-state index is 12.0. The molecule has 23 heavy (non-hydrogen) atoms. The Morgan fingerprint density at radius 3 is 2.26 bits per heavy atom. The molecule has 2 N–H and O–H groups in total. The van der Waals surface area contributed by atoms with E-state index in [4.69, 9.17) is 4.74 Å². The Kier molecular flexibility index (Phi) is 6.75. The van der Waals surface area contributed by atoms with Crippen molar-refractivity contribution in [3.8, 4) is 0 Å². The molecule has 0 saturated heterocycles. The zero-order chi connectivity index (χ0) is 17.6.